The van der Waals surface area contributed by atoms with E-state index in [0.717, 1.165) is 18.5 Å². The lowest BCUT2D eigenvalue weighted by molar-refractivity contribution is -0.120. The minimum atomic E-state index is 0.0442. The van der Waals surface area contributed by atoms with Crippen molar-refractivity contribution in [3.63, 3.8) is 0 Å². The number of amides is 1. The zero-order valence-corrected chi connectivity index (χ0v) is 9.86. The van der Waals surface area contributed by atoms with Crippen LogP contribution in [0.15, 0.2) is 24.5 Å². The minimum absolute atomic E-state index is 0.0442. The van der Waals surface area contributed by atoms with E-state index in [9.17, 15) is 4.79 Å². The molecule has 1 aromatic rings. The average molecular weight is 221 g/mol. The van der Waals surface area contributed by atoms with Crippen LogP contribution in [0.4, 0.5) is 0 Å². The Morgan fingerprint density at radius 2 is 2.12 bits per heavy atom. The second kappa shape index (κ2) is 6.95. The Morgan fingerprint density at radius 1 is 1.44 bits per heavy atom. The van der Waals surface area contributed by atoms with Crippen molar-refractivity contribution < 1.29 is 4.79 Å². The molecule has 0 aliphatic carbocycles. The quantitative estimate of drug-likeness (QED) is 0.760. The third-order valence-corrected chi connectivity index (χ3v) is 2.35. The summed E-state index contributed by atoms with van der Waals surface area (Å²) in [6.45, 7) is 5.16. The summed E-state index contributed by atoms with van der Waals surface area (Å²) >= 11 is 0. The van der Waals surface area contributed by atoms with Gasteiger partial charge < -0.3 is 10.6 Å². The Kier molecular flexibility index (Phi) is 5.50. The molecule has 16 heavy (non-hydrogen) atoms. The maximum atomic E-state index is 11.4. The maximum absolute atomic E-state index is 11.4. The summed E-state index contributed by atoms with van der Waals surface area (Å²) in [5.74, 6) is 0.0442. The van der Waals surface area contributed by atoms with Crippen LogP contribution in [-0.2, 0) is 4.79 Å². The van der Waals surface area contributed by atoms with E-state index in [-0.39, 0.29) is 11.9 Å². The number of nitrogens with one attached hydrogen (secondary N) is 2. The van der Waals surface area contributed by atoms with Crippen molar-refractivity contribution in [2.24, 2.45) is 0 Å². The zero-order valence-electron chi connectivity index (χ0n) is 9.86. The summed E-state index contributed by atoms with van der Waals surface area (Å²) in [6, 6.07) is 4.05. The van der Waals surface area contributed by atoms with Gasteiger partial charge in [0.05, 0.1) is 6.54 Å². The topological polar surface area (TPSA) is 54.0 Å². The average Bonchev–Trinajstić information content (AvgIpc) is 2.34. The summed E-state index contributed by atoms with van der Waals surface area (Å²) in [6.07, 6.45) is 4.47. The van der Waals surface area contributed by atoms with Crippen molar-refractivity contribution in [2.75, 3.05) is 13.1 Å². The van der Waals surface area contributed by atoms with E-state index >= 15 is 0 Å². The molecule has 1 rings (SSSR count). The maximum Gasteiger partial charge on any atom is 0.233 e. The SMILES string of the molecule is CCCNC(=O)CN[C@H](C)c1ccncc1. The molecule has 2 N–H and O–H groups in total. The largest absolute Gasteiger partial charge is 0.355 e. The molecule has 0 spiro atoms. The molecule has 0 unspecified atom stereocenters. The van der Waals surface area contributed by atoms with E-state index in [4.69, 9.17) is 0 Å². The summed E-state index contributed by atoms with van der Waals surface area (Å²) < 4.78 is 0. The van der Waals surface area contributed by atoms with Crippen molar-refractivity contribution >= 4 is 5.91 Å². The van der Waals surface area contributed by atoms with Crippen molar-refractivity contribution in [1.29, 1.82) is 0 Å². The molecular weight excluding hydrogens is 202 g/mol. The minimum Gasteiger partial charge on any atom is -0.355 e. The molecule has 88 valence electrons. The second-order valence-electron chi connectivity index (χ2n) is 3.73. The number of hydrogen-bond acceptors (Lipinski definition) is 3. The first-order chi connectivity index (χ1) is 7.74. The molecule has 1 amide bonds. The number of carbonyl (C=O) groups excluding carboxylic acids is 1. The summed E-state index contributed by atoms with van der Waals surface area (Å²) in [7, 11) is 0. The fourth-order valence-corrected chi connectivity index (χ4v) is 1.34. The first kappa shape index (κ1) is 12.6. The molecule has 0 fully saturated rings. The van der Waals surface area contributed by atoms with Gasteiger partial charge in [0.2, 0.25) is 5.91 Å². The predicted octanol–water partition coefficient (Wildman–Crippen LogP) is 1.26. The zero-order chi connectivity index (χ0) is 11.8. The molecule has 4 heteroatoms. The van der Waals surface area contributed by atoms with Crippen LogP contribution in [0.2, 0.25) is 0 Å². The summed E-state index contributed by atoms with van der Waals surface area (Å²) in [4.78, 5) is 15.3. The lowest BCUT2D eigenvalue weighted by atomic mass is 10.1. The van der Waals surface area contributed by atoms with Gasteiger partial charge in [-0.15, -0.1) is 0 Å². The number of rotatable bonds is 6. The molecule has 0 saturated heterocycles. The number of hydrogen-bond donors (Lipinski definition) is 2. The van der Waals surface area contributed by atoms with Crippen LogP contribution in [-0.4, -0.2) is 24.0 Å². The van der Waals surface area contributed by atoms with Gasteiger partial charge in [0.15, 0.2) is 0 Å². The van der Waals surface area contributed by atoms with Crippen LogP contribution in [0.5, 0.6) is 0 Å². The standard InChI is InChI=1S/C12H19N3O/c1-3-6-14-12(16)9-15-10(2)11-4-7-13-8-5-11/h4-5,7-8,10,15H,3,6,9H2,1-2H3,(H,14,16)/t10-/m1/s1. The highest BCUT2D eigenvalue weighted by Crippen LogP contribution is 2.09. The van der Waals surface area contributed by atoms with Crippen molar-refractivity contribution in [2.45, 2.75) is 26.3 Å². The van der Waals surface area contributed by atoms with Crippen LogP contribution < -0.4 is 10.6 Å². The number of pyridine rings is 1. The Morgan fingerprint density at radius 3 is 2.75 bits per heavy atom. The Bertz CT molecular complexity index is 313. The fraction of sp³-hybridized carbons (Fsp3) is 0.500. The van der Waals surface area contributed by atoms with Gasteiger partial charge in [-0.05, 0) is 31.0 Å². The highest BCUT2D eigenvalue weighted by atomic mass is 16.1. The van der Waals surface area contributed by atoms with Gasteiger partial charge >= 0.3 is 0 Å². The molecule has 0 aliphatic heterocycles. The van der Waals surface area contributed by atoms with Crippen LogP contribution in [0, 0.1) is 0 Å². The Labute approximate surface area is 96.5 Å². The fourth-order valence-electron chi connectivity index (χ4n) is 1.34. The summed E-state index contributed by atoms with van der Waals surface area (Å²) in [5.41, 5.74) is 1.14. The molecule has 4 nitrogen and oxygen atoms in total. The lowest BCUT2D eigenvalue weighted by Crippen LogP contribution is -2.35. The van der Waals surface area contributed by atoms with Gasteiger partial charge in [0, 0.05) is 25.0 Å². The first-order valence-corrected chi connectivity index (χ1v) is 5.64. The molecule has 0 aliphatic rings. The van der Waals surface area contributed by atoms with Crippen molar-refractivity contribution in [3.8, 4) is 0 Å². The van der Waals surface area contributed by atoms with Crippen molar-refractivity contribution in [3.05, 3.63) is 30.1 Å². The third-order valence-electron chi connectivity index (χ3n) is 2.35. The van der Waals surface area contributed by atoms with Crippen molar-refractivity contribution in [1.82, 2.24) is 15.6 Å². The highest BCUT2D eigenvalue weighted by molar-refractivity contribution is 5.77. The van der Waals surface area contributed by atoms with Gasteiger partial charge in [-0.25, -0.2) is 0 Å². The number of aromatic nitrogens is 1. The molecule has 1 heterocycles. The van der Waals surface area contributed by atoms with Gasteiger partial charge in [-0.1, -0.05) is 6.92 Å². The number of carbonyl (C=O) groups is 1. The predicted molar refractivity (Wildman–Crippen MR) is 64.0 cm³/mol. The van der Waals surface area contributed by atoms with Crippen LogP contribution >= 0.6 is 0 Å². The van der Waals surface area contributed by atoms with Crippen LogP contribution in [0.25, 0.3) is 0 Å². The molecule has 0 aromatic carbocycles. The van der Waals surface area contributed by atoms with E-state index in [1.807, 2.05) is 26.0 Å². The molecule has 0 radical (unpaired) electrons. The van der Waals surface area contributed by atoms with E-state index in [2.05, 4.69) is 15.6 Å². The van der Waals surface area contributed by atoms with Gasteiger partial charge in [-0.2, -0.15) is 0 Å². The first-order valence-electron chi connectivity index (χ1n) is 5.64. The van der Waals surface area contributed by atoms with E-state index in [0.29, 0.717) is 6.54 Å². The molecular formula is C12H19N3O. The highest BCUT2D eigenvalue weighted by Gasteiger charge is 2.06. The Balaban J connectivity index is 2.30. The van der Waals surface area contributed by atoms with Crippen LogP contribution in [0.1, 0.15) is 31.9 Å². The smallest absolute Gasteiger partial charge is 0.233 e. The normalized spacial score (nSPS) is 12.1. The van der Waals surface area contributed by atoms with Gasteiger partial charge in [-0.3, -0.25) is 9.78 Å². The third kappa shape index (κ3) is 4.40. The van der Waals surface area contributed by atoms with E-state index < -0.39 is 0 Å². The van der Waals surface area contributed by atoms with Gasteiger partial charge in [0.1, 0.15) is 0 Å². The Hall–Kier alpha value is -1.42. The lowest BCUT2D eigenvalue weighted by Gasteiger charge is -2.13. The molecule has 1 atom stereocenters. The summed E-state index contributed by atoms with van der Waals surface area (Å²) in [5, 5.41) is 5.99. The second-order valence-corrected chi connectivity index (χ2v) is 3.73. The molecule has 1 aromatic heterocycles. The molecule has 0 saturated carbocycles. The van der Waals surface area contributed by atoms with E-state index in [1.165, 1.54) is 0 Å². The molecule has 0 bridgehead atoms. The van der Waals surface area contributed by atoms with Crippen LogP contribution in [0.3, 0.4) is 0 Å². The monoisotopic (exact) mass is 221 g/mol. The number of nitrogens with zero attached hydrogens (tertiary/aromatic N) is 1. The van der Waals surface area contributed by atoms with E-state index in [1.54, 1.807) is 12.4 Å². The van der Waals surface area contributed by atoms with Gasteiger partial charge in [0.25, 0.3) is 0 Å².